The first-order valence-electron chi connectivity index (χ1n) is 9.84. The number of hydrogen-bond donors (Lipinski definition) is 1. The van der Waals surface area contributed by atoms with Gasteiger partial charge in [-0.25, -0.2) is 13.6 Å². The molecule has 0 aliphatic rings. The highest BCUT2D eigenvalue weighted by Gasteiger charge is 2.13. The molecule has 0 aliphatic carbocycles. The van der Waals surface area contributed by atoms with Gasteiger partial charge in [-0.3, -0.25) is 9.59 Å². The summed E-state index contributed by atoms with van der Waals surface area (Å²) in [5, 5.41) is 11.1. The maximum absolute atomic E-state index is 13.2. The van der Waals surface area contributed by atoms with Crippen LogP contribution in [0, 0.1) is 5.82 Å². The van der Waals surface area contributed by atoms with Gasteiger partial charge in [0, 0.05) is 12.1 Å². The number of hydrogen-bond acceptors (Lipinski definition) is 5. The van der Waals surface area contributed by atoms with Crippen molar-refractivity contribution in [3.05, 3.63) is 81.6 Å². The van der Waals surface area contributed by atoms with E-state index < -0.39 is 17.3 Å². The lowest BCUT2D eigenvalue weighted by atomic mass is 10.1. The largest absolute Gasteiger partial charge is 0.494 e. The fraction of sp³-hybridized carbons (Fsp3) is 0.182. The number of carbonyl (C=O) groups excluding carboxylic acids is 1. The summed E-state index contributed by atoms with van der Waals surface area (Å²) >= 11 is 5.75. The lowest BCUT2D eigenvalue weighted by Crippen LogP contribution is -2.34. The second-order valence-corrected chi connectivity index (χ2v) is 7.34. The van der Waals surface area contributed by atoms with Crippen molar-refractivity contribution in [2.24, 2.45) is 0 Å². The third-order valence-electron chi connectivity index (χ3n) is 4.72. The molecular weight excluding hydrogens is 437 g/mol. The summed E-state index contributed by atoms with van der Waals surface area (Å²) in [4.78, 5) is 25.1. The van der Waals surface area contributed by atoms with E-state index in [2.05, 4.69) is 15.5 Å². The molecular formula is C22H19ClFN5O3. The van der Waals surface area contributed by atoms with Gasteiger partial charge in [-0.15, -0.1) is 0 Å². The first-order valence-corrected chi connectivity index (χ1v) is 10.2. The number of carbonyl (C=O) groups is 1. The molecule has 2 aromatic carbocycles. The zero-order chi connectivity index (χ0) is 22.7. The number of nitrogens with zero attached hydrogens (tertiary/aromatic N) is 4. The monoisotopic (exact) mass is 455 g/mol. The van der Waals surface area contributed by atoms with Crippen LogP contribution < -0.4 is 15.6 Å². The smallest absolute Gasteiger partial charge is 0.293 e. The van der Waals surface area contributed by atoms with E-state index in [-0.39, 0.29) is 18.1 Å². The molecule has 8 nitrogen and oxygen atoms in total. The minimum atomic E-state index is -0.531. The van der Waals surface area contributed by atoms with Crippen molar-refractivity contribution in [1.29, 1.82) is 0 Å². The molecule has 1 N–H and O–H groups in total. The minimum Gasteiger partial charge on any atom is -0.494 e. The second kappa shape index (κ2) is 9.19. The van der Waals surface area contributed by atoms with Crippen molar-refractivity contribution in [1.82, 2.24) is 24.7 Å². The lowest BCUT2D eigenvalue weighted by molar-refractivity contribution is -0.122. The van der Waals surface area contributed by atoms with Crippen LogP contribution in [0.3, 0.4) is 0 Å². The molecule has 32 heavy (non-hydrogen) atoms. The van der Waals surface area contributed by atoms with E-state index >= 15 is 0 Å². The molecule has 10 heteroatoms. The predicted molar refractivity (Wildman–Crippen MR) is 117 cm³/mol. The maximum Gasteiger partial charge on any atom is 0.293 e. The third kappa shape index (κ3) is 4.62. The zero-order valence-corrected chi connectivity index (χ0v) is 17.8. The van der Waals surface area contributed by atoms with Crippen molar-refractivity contribution < 1.29 is 13.9 Å². The molecule has 0 saturated carbocycles. The Kier molecular flexibility index (Phi) is 6.18. The molecule has 0 saturated heterocycles. The molecule has 1 amide bonds. The van der Waals surface area contributed by atoms with E-state index in [9.17, 15) is 14.0 Å². The standard InChI is InChI=1S/C22H19ClFN5O3/c1-2-32-16-6-4-15(5-7-16)19-10-20-22(31)28(26-13-29(20)27-19)12-21(30)25-11-14-3-8-18(24)17(23)9-14/h3-10,13H,2,11-12H2,1H3,(H,25,30). The van der Waals surface area contributed by atoms with E-state index in [0.29, 0.717) is 23.4 Å². The summed E-state index contributed by atoms with van der Waals surface area (Å²) in [7, 11) is 0. The quantitative estimate of drug-likeness (QED) is 0.462. The van der Waals surface area contributed by atoms with Crippen molar-refractivity contribution in [3.63, 3.8) is 0 Å². The van der Waals surface area contributed by atoms with Crippen LogP contribution in [0.1, 0.15) is 12.5 Å². The Morgan fingerprint density at radius 2 is 1.97 bits per heavy atom. The van der Waals surface area contributed by atoms with Gasteiger partial charge >= 0.3 is 0 Å². The fourth-order valence-electron chi connectivity index (χ4n) is 3.12. The maximum atomic E-state index is 13.2. The van der Waals surface area contributed by atoms with E-state index in [1.54, 1.807) is 6.07 Å². The highest BCUT2D eigenvalue weighted by Crippen LogP contribution is 2.21. The highest BCUT2D eigenvalue weighted by atomic mass is 35.5. The summed E-state index contributed by atoms with van der Waals surface area (Å²) in [6.45, 7) is 2.36. The molecule has 4 rings (SSSR count). The Bertz CT molecular complexity index is 1330. The van der Waals surface area contributed by atoms with Gasteiger partial charge in [-0.05, 0) is 55.0 Å². The zero-order valence-electron chi connectivity index (χ0n) is 17.1. The van der Waals surface area contributed by atoms with Crippen LogP contribution in [0.15, 0.2) is 59.7 Å². The molecule has 164 valence electrons. The predicted octanol–water partition coefficient (Wildman–Crippen LogP) is 3.07. The van der Waals surface area contributed by atoms with E-state index in [1.165, 1.54) is 29.0 Å². The molecule has 0 bridgehead atoms. The highest BCUT2D eigenvalue weighted by molar-refractivity contribution is 6.30. The summed E-state index contributed by atoms with van der Waals surface area (Å²) in [6.07, 6.45) is 1.38. The van der Waals surface area contributed by atoms with Gasteiger partial charge in [0.2, 0.25) is 5.91 Å². The molecule has 0 aliphatic heterocycles. The number of aromatic nitrogens is 4. The second-order valence-electron chi connectivity index (χ2n) is 6.94. The Morgan fingerprint density at radius 3 is 2.69 bits per heavy atom. The van der Waals surface area contributed by atoms with E-state index in [1.807, 2.05) is 31.2 Å². The molecule has 2 heterocycles. The first kappa shape index (κ1) is 21.5. The van der Waals surface area contributed by atoms with Gasteiger partial charge in [0.1, 0.15) is 30.0 Å². The SMILES string of the molecule is CCOc1ccc(-c2cc3c(=O)n(CC(=O)NCc4ccc(F)c(Cl)c4)ncn3n2)cc1. The number of benzene rings is 2. The topological polar surface area (TPSA) is 90.5 Å². The van der Waals surface area contributed by atoms with Gasteiger partial charge < -0.3 is 10.1 Å². The Morgan fingerprint density at radius 1 is 1.19 bits per heavy atom. The van der Waals surface area contributed by atoms with Crippen LogP contribution in [0.5, 0.6) is 5.75 Å². The van der Waals surface area contributed by atoms with Crippen LogP contribution in [-0.2, 0) is 17.9 Å². The van der Waals surface area contributed by atoms with Crippen LogP contribution in [0.25, 0.3) is 16.8 Å². The average Bonchev–Trinajstić information content (AvgIpc) is 3.22. The van der Waals surface area contributed by atoms with Gasteiger partial charge in [0.05, 0.1) is 17.3 Å². The Labute approximate surface area is 187 Å². The number of fused-ring (bicyclic) bond motifs is 1. The summed E-state index contributed by atoms with van der Waals surface area (Å²) in [6, 6.07) is 13.2. The minimum absolute atomic E-state index is 0.0239. The summed E-state index contributed by atoms with van der Waals surface area (Å²) in [5.41, 5.74) is 1.90. The molecule has 2 aromatic heterocycles. The van der Waals surface area contributed by atoms with Crippen molar-refractivity contribution >= 4 is 23.0 Å². The van der Waals surface area contributed by atoms with Crippen LogP contribution in [-0.4, -0.2) is 31.9 Å². The van der Waals surface area contributed by atoms with Crippen LogP contribution >= 0.6 is 11.6 Å². The molecule has 0 fully saturated rings. The Hall–Kier alpha value is -3.72. The van der Waals surface area contributed by atoms with Gasteiger partial charge in [-0.2, -0.15) is 10.2 Å². The summed E-state index contributed by atoms with van der Waals surface area (Å²) in [5.74, 6) is -0.204. The first-order chi connectivity index (χ1) is 15.4. The molecule has 0 radical (unpaired) electrons. The van der Waals surface area contributed by atoms with Gasteiger partial charge in [0.15, 0.2) is 0 Å². The normalized spacial score (nSPS) is 11.0. The number of nitrogens with one attached hydrogen (secondary N) is 1. The number of halogens is 2. The average molecular weight is 456 g/mol. The van der Waals surface area contributed by atoms with Gasteiger partial charge in [-0.1, -0.05) is 17.7 Å². The lowest BCUT2D eigenvalue weighted by Gasteiger charge is -2.07. The number of ether oxygens (including phenoxy) is 1. The van der Waals surface area contributed by atoms with Crippen LogP contribution in [0.2, 0.25) is 5.02 Å². The number of amides is 1. The molecule has 4 aromatic rings. The number of rotatable bonds is 7. The Balaban J connectivity index is 1.48. The van der Waals surface area contributed by atoms with E-state index in [4.69, 9.17) is 16.3 Å². The molecule has 0 unspecified atom stereocenters. The van der Waals surface area contributed by atoms with E-state index in [0.717, 1.165) is 16.0 Å². The van der Waals surface area contributed by atoms with Crippen molar-refractivity contribution in [2.75, 3.05) is 6.61 Å². The summed E-state index contributed by atoms with van der Waals surface area (Å²) < 4.78 is 21.1. The fourth-order valence-corrected chi connectivity index (χ4v) is 3.33. The van der Waals surface area contributed by atoms with Gasteiger partial charge in [0.25, 0.3) is 5.56 Å². The molecule has 0 spiro atoms. The molecule has 0 atom stereocenters. The third-order valence-corrected chi connectivity index (χ3v) is 5.01. The van der Waals surface area contributed by atoms with Crippen molar-refractivity contribution in [2.45, 2.75) is 20.0 Å². The van der Waals surface area contributed by atoms with Crippen LogP contribution in [0.4, 0.5) is 4.39 Å². The van der Waals surface area contributed by atoms with Crippen molar-refractivity contribution in [3.8, 4) is 17.0 Å².